The second kappa shape index (κ2) is 9.27. The summed E-state index contributed by atoms with van der Waals surface area (Å²) < 4.78 is 5.94. The monoisotopic (exact) mass is 455 g/mol. The number of piperazine rings is 1. The molecule has 2 rings (SSSR count). The van der Waals surface area contributed by atoms with Gasteiger partial charge in [0.25, 0.3) is 5.91 Å². The van der Waals surface area contributed by atoms with Crippen LogP contribution in [0.25, 0.3) is 0 Å². The fourth-order valence-electron chi connectivity index (χ4n) is 2.60. The Morgan fingerprint density at radius 3 is 2.78 bits per heavy atom. The Bertz CT molecular complexity index is 769. The zero-order valence-corrected chi connectivity index (χ0v) is 17.8. The van der Waals surface area contributed by atoms with E-state index in [1.807, 2.05) is 13.0 Å². The van der Waals surface area contributed by atoms with Gasteiger partial charge in [0.2, 0.25) is 5.91 Å². The maximum absolute atomic E-state index is 12.5. The molecule has 7 nitrogen and oxygen atoms in total. The molecular weight excluding hydrogens is 434 g/mol. The first kappa shape index (κ1) is 21.3. The molecule has 0 spiro atoms. The third-order valence-electron chi connectivity index (χ3n) is 3.97. The number of nitrogens with zero attached hydrogens (tertiary/aromatic N) is 1. The highest BCUT2D eigenvalue weighted by atomic mass is 79.9. The van der Waals surface area contributed by atoms with Crippen LogP contribution in [0.1, 0.15) is 36.2 Å². The van der Waals surface area contributed by atoms with Gasteiger partial charge in [-0.2, -0.15) is 0 Å². The fourth-order valence-corrected chi connectivity index (χ4v) is 3.29. The molecular formula is C18H22BrN3O4S. The number of nitrogens with one attached hydrogen (secondary N) is 2. The van der Waals surface area contributed by atoms with Crippen LogP contribution in [-0.4, -0.2) is 53.0 Å². The molecule has 9 heteroatoms. The van der Waals surface area contributed by atoms with Crippen molar-refractivity contribution in [1.29, 1.82) is 0 Å². The van der Waals surface area contributed by atoms with E-state index in [0.29, 0.717) is 18.7 Å². The number of ether oxygens (including phenoxy) is 1. The van der Waals surface area contributed by atoms with Crippen LogP contribution >= 0.6 is 28.1 Å². The van der Waals surface area contributed by atoms with Crippen molar-refractivity contribution in [3.05, 3.63) is 33.8 Å². The van der Waals surface area contributed by atoms with Crippen LogP contribution in [0.2, 0.25) is 0 Å². The molecule has 1 heterocycles. The Kier molecular flexibility index (Phi) is 7.32. The lowest BCUT2D eigenvalue weighted by molar-refractivity contribution is -0.150. The third-order valence-corrected chi connectivity index (χ3v) is 5.16. The van der Waals surface area contributed by atoms with E-state index in [0.717, 1.165) is 10.0 Å². The van der Waals surface area contributed by atoms with E-state index in [-0.39, 0.29) is 29.5 Å². The summed E-state index contributed by atoms with van der Waals surface area (Å²) in [7, 11) is 0. The quantitative estimate of drug-likeness (QED) is 0.532. The van der Waals surface area contributed by atoms with Gasteiger partial charge in [0.05, 0.1) is 12.5 Å². The van der Waals surface area contributed by atoms with Gasteiger partial charge in [-0.1, -0.05) is 22.0 Å². The topological polar surface area (TPSA) is 87.7 Å². The Hall–Kier alpha value is -2.00. The van der Waals surface area contributed by atoms with Crippen molar-refractivity contribution >= 4 is 51.0 Å². The summed E-state index contributed by atoms with van der Waals surface area (Å²) in [5.74, 6) is -1.19. The molecule has 1 aromatic carbocycles. The van der Waals surface area contributed by atoms with Gasteiger partial charge >= 0.3 is 5.97 Å². The lowest BCUT2D eigenvalue weighted by Crippen LogP contribution is -2.60. The molecule has 1 aromatic rings. The highest BCUT2D eigenvalue weighted by Crippen LogP contribution is 2.18. The van der Waals surface area contributed by atoms with Crippen molar-refractivity contribution in [2.24, 2.45) is 0 Å². The van der Waals surface area contributed by atoms with Gasteiger partial charge in [0.1, 0.15) is 6.04 Å². The van der Waals surface area contributed by atoms with Crippen molar-refractivity contribution in [2.75, 3.05) is 13.1 Å². The maximum Gasteiger partial charge on any atom is 0.308 e. The zero-order chi connectivity index (χ0) is 20.1. The number of hydrogen-bond donors (Lipinski definition) is 2. The standard InChI is InChI=1S/C18H22BrN3O4S/c1-10(2)26-15(23)9-14-17(25)20-6-7-22(14)18(27)21-16(24)12-5-4-11(3)13(19)8-12/h4-5,8,10,14H,6-7,9H2,1-3H3,(H,20,25)(H,21,24,27)/t14-/m1/s1. The molecule has 1 fully saturated rings. The predicted octanol–water partition coefficient (Wildman–Crippen LogP) is 1.91. The van der Waals surface area contributed by atoms with Crippen molar-refractivity contribution in [1.82, 2.24) is 15.5 Å². The number of aryl methyl sites for hydroxylation is 1. The number of halogens is 1. The van der Waals surface area contributed by atoms with Crippen LogP contribution in [0.3, 0.4) is 0 Å². The first-order valence-electron chi connectivity index (χ1n) is 8.54. The molecule has 0 aliphatic carbocycles. The van der Waals surface area contributed by atoms with E-state index in [9.17, 15) is 14.4 Å². The summed E-state index contributed by atoms with van der Waals surface area (Å²) in [5, 5.41) is 5.46. The number of thiocarbonyl (C=S) groups is 1. The lowest BCUT2D eigenvalue weighted by atomic mass is 10.1. The van der Waals surface area contributed by atoms with E-state index in [1.165, 1.54) is 0 Å². The van der Waals surface area contributed by atoms with Crippen LogP contribution in [-0.2, 0) is 14.3 Å². The van der Waals surface area contributed by atoms with Crippen LogP contribution in [0, 0.1) is 6.92 Å². The second-order valence-electron chi connectivity index (χ2n) is 6.47. The molecule has 1 aliphatic heterocycles. The number of carbonyl (C=O) groups excluding carboxylic acids is 3. The van der Waals surface area contributed by atoms with Crippen LogP contribution in [0.5, 0.6) is 0 Å². The zero-order valence-electron chi connectivity index (χ0n) is 15.4. The van der Waals surface area contributed by atoms with E-state index < -0.39 is 12.0 Å². The molecule has 1 atom stereocenters. The lowest BCUT2D eigenvalue weighted by Gasteiger charge is -2.36. The van der Waals surface area contributed by atoms with Crippen molar-refractivity contribution in [3.63, 3.8) is 0 Å². The number of hydrogen-bond acceptors (Lipinski definition) is 5. The highest BCUT2D eigenvalue weighted by molar-refractivity contribution is 9.10. The van der Waals surface area contributed by atoms with Crippen LogP contribution < -0.4 is 10.6 Å². The van der Waals surface area contributed by atoms with Gasteiger partial charge in [-0.15, -0.1) is 0 Å². The molecule has 0 aromatic heterocycles. The number of carbonyl (C=O) groups is 3. The average molecular weight is 456 g/mol. The maximum atomic E-state index is 12.5. The number of esters is 1. The van der Waals surface area contributed by atoms with E-state index >= 15 is 0 Å². The highest BCUT2D eigenvalue weighted by Gasteiger charge is 2.34. The largest absolute Gasteiger partial charge is 0.463 e. The number of amides is 2. The van der Waals surface area contributed by atoms with Gasteiger partial charge in [-0.25, -0.2) is 0 Å². The van der Waals surface area contributed by atoms with Gasteiger partial charge in [-0.3, -0.25) is 19.7 Å². The first-order valence-corrected chi connectivity index (χ1v) is 9.74. The Labute approximate surface area is 171 Å². The third kappa shape index (κ3) is 5.74. The minimum Gasteiger partial charge on any atom is -0.463 e. The smallest absolute Gasteiger partial charge is 0.308 e. The molecule has 1 saturated heterocycles. The van der Waals surface area contributed by atoms with E-state index in [2.05, 4.69) is 26.6 Å². The van der Waals surface area contributed by atoms with Gasteiger partial charge < -0.3 is 15.0 Å². The van der Waals surface area contributed by atoms with Crippen LogP contribution in [0.15, 0.2) is 22.7 Å². The van der Waals surface area contributed by atoms with Crippen molar-refractivity contribution in [2.45, 2.75) is 39.3 Å². The average Bonchev–Trinajstić information content (AvgIpc) is 2.58. The van der Waals surface area contributed by atoms with Crippen LogP contribution in [0.4, 0.5) is 0 Å². The molecule has 146 valence electrons. The first-order chi connectivity index (χ1) is 12.7. The SMILES string of the molecule is Cc1ccc(C(=O)NC(=S)N2CCNC(=O)[C@H]2CC(=O)OC(C)C)cc1Br. The Morgan fingerprint density at radius 2 is 2.15 bits per heavy atom. The van der Waals surface area contributed by atoms with Crippen molar-refractivity contribution in [3.8, 4) is 0 Å². The number of rotatable bonds is 4. The molecule has 0 radical (unpaired) electrons. The summed E-state index contributed by atoms with van der Waals surface area (Å²) in [6.07, 6.45) is -0.417. The minimum atomic E-state index is -0.817. The molecule has 27 heavy (non-hydrogen) atoms. The van der Waals surface area contributed by atoms with Gasteiger partial charge in [-0.05, 0) is 50.7 Å². The van der Waals surface area contributed by atoms with Crippen molar-refractivity contribution < 1.29 is 19.1 Å². The van der Waals surface area contributed by atoms with Gasteiger partial charge in [0.15, 0.2) is 5.11 Å². The molecule has 1 aliphatic rings. The fraction of sp³-hybridized carbons (Fsp3) is 0.444. The Morgan fingerprint density at radius 1 is 1.44 bits per heavy atom. The number of benzene rings is 1. The van der Waals surface area contributed by atoms with E-state index in [4.69, 9.17) is 17.0 Å². The molecule has 0 unspecified atom stereocenters. The summed E-state index contributed by atoms with van der Waals surface area (Å²) in [4.78, 5) is 38.2. The molecule has 2 N–H and O–H groups in total. The summed E-state index contributed by atoms with van der Waals surface area (Å²) >= 11 is 8.72. The second-order valence-corrected chi connectivity index (χ2v) is 7.71. The molecule has 2 amide bonds. The summed E-state index contributed by atoms with van der Waals surface area (Å²) in [6, 6.07) is 4.40. The van der Waals surface area contributed by atoms with Gasteiger partial charge in [0, 0.05) is 23.1 Å². The minimum absolute atomic E-state index is 0.105. The Balaban J connectivity index is 2.09. The summed E-state index contributed by atoms with van der Waals surface area (Å²) in [5.41, 5.74) is 1.44. The van der Waals surface area contributed by atoms with E-state index in [1.54, 1.807) is 30.9 Å². The molecule has 0 saturated carbocycles. The summed E-state index contributed by atoms with van der Waals surface area (Å²) in [6.45, 7) is 6.16. The predicted molar refractivity (Wildman–Crippen MR) is 108 cm³/mol. The molecule has 0 bridgehead atoms. The normalized spacial score (nSPS) is 16.7.